The Morgan fingerprint density at radius 3 is 2.94 bits per heavy atom. The smallest absolute Gasteiger partial charge is 0.120 e. The molecule has 1 aromatic rings. The van der Waals surface area contributed by atoms with Crippen LogP contribution in [0.15, 0.2) is 24.3 Å². The van der Waals surface area contributed by atoms with Crippen LogP contribution in [-0.4, -0.2) is 24.3 Å². The summed E-state index contributed by atoms with van der Waals surface area (Å²) in [6.45, 7) is 1.88. The first-order valence-electron chi connectivity index (χ1n) is 6.97. The Balaban J connectivity index is 1.80. The van der Waals surface area contributed by atoms with Crippen LogP contribution in [0.1, 0.15) is 37.7 Å². The normalized spacial score (nSPS) is 28.7. The maximum Gasteiger partial charge on any atom is 0.120 e. The molecule has 3 heteroatoms. The van der Waals surface area contributed by atoms with Gasteiger partial charge in [0, 0.05) is 0 Å². The predicted molar refractivity (Wildman–Crippen MR) is 70.7 cm³/mol. The molecule has 1 aromatic carbocycles. The lowest BCUT2D eigenvalue weighted by Gasteiger charge is -2.27. The lowest BCUT2D eigenvalue weighted by atomic mass is 9.87. The van der Waals surface area contributed by atoms with E-state index < -0.39 is 5.60 Å². The molecular weight excluding hydrogens is 226 g/mol. The van der Waals surface area contributed by atoms with Crippen molar-refractivity contribution >= 4 is 0 Å². The highest BCUT2D eigenvalue weighted by molar-refractivity contribution is 5.33. The van der Waals surface area contributed by atoms with E-state index in [0.29, 0.717) is 6.10 Å². The Morgan fingerprint density at radius 2 is 2.11 bits per heavy atom. The summed E-state index contributed by atoms with van der Waals surface area (Å²) in [5, 5.41) is 14.1. The molecule has 1 saturated carbocycles. The molecule has 0 bridgehead atoms. The molecule has 1 atom stereocenters. The maximum absolute atomic E-state index is 10.8. The molecule has 1 heterocycles. The Kier molecular flexibility index (Phi) is 3.27. The fraction of sp³-hybridized carbons (Fsp3) is 0.600. The molecule has 2 N–H and O–H groups in total. The zero-order chi connectivity index (χ0) is 12.4. The van der Waals surface area contributed by atoms with Gasteiger partial charge in [-0.15, -0.1) is 0 Å². The van der Waals surface area contributed by atoms with Gasteiger partial charge in [-0.1, -0.05) is 12.1 Å². The molecule has 1 aliphatic heterocycles. The highest BCUT2D eigenvalue weighted by Crippen LogP contribution is 2.34. The minimum Gasteiger partial charge on any atom is -0.490 e. The number of nitrogens with one attached hydrogen (secondary N) is 1. The van der Waals surface area contributed by atoms with Gasteiger partial charge in [-0.3, -0.25) is 0 Å². The summed E-state index contributed by atoms with van der Waals surface area (Å²) in [6, 6.07) is 8.01. The highest BCUT2D eigenvalue weighted by atomic mass is 16.5. The molecule has 0 aromatic heterocycles. The molecule has 3 rings (SSSR count). The molecule has 98 valence electrons. The number of rotatable bonds is 3. The van der Waals surface area contributed by atoms with E-state index in [2.05, 4.69) is 5.32 Å². The van der Waals surface area contributed by atoms with Crippen LogP contribution < -0.4 is 10.1 Å². The van der Waals surface area contributed by atoms with Crippen LogP contribution in [0, 0.1) is 0 Å². The van der Waals surface area contributed by atoms with Gasteiger partial charge in [-0.2, -0.15) is 0 Å². The standard InChI is InChI=1S/C15H21NO2/c17-15(7-2-9-16-10-8-15)12-3-1-4-14(11-12)18-13-5-6-13/h1,3-4,11,13,16-17H,2,5-10H2. The average Bonchev–Trinajstić information content (AvgIpc) is 3.18. The van der Waals surface area contributed by atoms with E-state index in [1.807, 2.05) is 24.3 Å². The van der Waals surface area contributed by atoms with Gasteiger partial charge in [0.1, 0.15) is 5.75 Å². The molecule has 3 nitrogen and oxygen atoms in total. The van der Waals surface area contributed by atoms with E-state index in [9.17, 15) is 5.11 Å². The summed E-state index contributed by atoms with van der Waals surface area (Å²) in [6.07, 6.45) is 5.36. The van der Waals surface area contributed by atoms with Gasteiger partial charge in [0.25, 0.3) is 0 Å². The van der Waals surface area contributed by atoms with Crippen LogP contribution in [0.3, 0.4) is 0 Å². The highest BCUT2D eigenvalue weighted by Gasteiger charge is 2.30. The summed E-state index contributed by atoms with van der Waals surface area (Å²) in [7, 11) is 0. The van der Waals surface area contributed by atoms with E-state index in [1.54, 1.807) is 0 Å². The first-order chi connectivity index (χ1) is 8.76. The van der Waals surface area contributed by atoms with Gasteiger partial charge >= 0.3 is 0 Å². The lowest BCUT2D eigenvalue weighted by molar-refractivity contribution is 0.0238. The van der Waals surface area contributed by atoms with Gasteiger partial charge in [0.15, 0.2) is 0 Å². The summed E-state index contributed by atoms with van der Waals surface area (Å²) in [5.41, 5.74) is 0.316. The SMILES string of the molecule is OC1(c2cccc(OC3CC3)c2)CCCNCC1. The van der Waals surface area contributed by atoms with Crippen LogP contribution in [0.25, 0.3) is 0 Å². The predicted octanol–water partition coefficient (Wildman–Crippen LogP) is 2.19. The number of benzene rings is 1. The van der Waals surface area contributed by atoms with Crippen molar-refractivity contribution in [1.82, 2.24) is 5.32 Å². The van der Waals surface area contributed by atoms with E-state index in [-0.39, 0.29) is 0 Å². The van der Waals surface area contributed by atoms with Crippen molar-refractivity contribution < 1.29 is 9.84 Å². The van der Waals surface area contributed by atoms with Crippen molar-refractivity contribution in [2.45, 2.75) is 43.8 Å². The Morgan fingerprint density at radius 1 is 1.22 bits per heavy atom. The second-order valence-corrected chi connectivity index (χ2v) is 5.48. The summed E-state index contributed by atoms with van der Waals surface area (Å²) in [5.74, 6) is 0.903. The minimum atomic E-state index is -0.688. The lowest BCUT2D eigenvalue weighted by Crippen LogP contribution is -2.27. The van der Waals surface area contributed by atoms with Gasteiger partial charge < -0.3 is 15.2 Å². The van der Waals surface area contributed by atoms with E-state index in [4.69, 9.17) is 4.74 Å². The van der Waals surface area contributed by atoms with E-state index in [0.717, 1.165) is 43.7 Å². The van der Waals surface area contributed by atoms with Gasteiger partial charge in [0.2, 0.25) is 0 Å². The maximum atomic E-state index is 10.8. The molecule has 2 fully saturated rings. The molecule has 1 unspecified atom stereocenters. The Hall–Kier alpha value is -1.06. The molecule has 1 saturated heterocycles. The number of aliphatic hydroxyl groups is 1. The Labute approximate surface area is 108 Å². The van der Waals surface area contributed by atoms with Crippen molar-refractivity contribution in [2.24, 2.45) is 0 Å². The molecule has 0 radical (unpaired) electrons. The third kappa shape index (κ3) is 2.68. The quantitative estimate of drug-likeness (QED) is 0.860. The fourth-order valence-electron chi connectivity index (χ4n) is 2.58. The molecule has 0 spiro atoms. The number of ether oxygens (including phenoxy) is 1. The van der Waals surface area contributed by atoms with Gasteiger partial charge in [-0.25, -0.2) is 0 Å². The summed E-state index contributed by atoms with van der Waals surface area (Å²) < 4.78 is 5.81. The summed E-state index contributed by atoms with van der Waals surface area (Å²) in [4.78, 5) is 0. The molecular formula is C15H21NO2. The van der Waals surface area contributed by atoms with Crippen LogP contribution in [-0.2, 0) is 5.60 Å². The minimum absolute atomic E-state index is 0.408. The van der Waals surface area contributed by atoms with E-state index in [1.165, 1.54) is 12.8 Å². The zero-order valence-electron chi connectivity index (χ0n) is 10.7. The van der Waals surface area contributed by atoms with Crippen molar-refractivity contribution in [3.05, 3.63) is 29.8 Å². The molecule has 18 heavy (non-hydrogen) atoms. The topological polar surface area (TPSA) is 41.5 Å². The summed E-state index contributed by atoms with van der Waals surface area (Å²) >= 11 is 0. The van der Waals surface area contributed by atoms with Gasteiger partial charge in [-0.05, 0) is 62.9 Å². The second kappa shape index (κ2) is 4.90. The molecule has 0 amide bonds. The number of hydrogen-bond donors (Lipinski definition) is 2. The zero-order valence-corrected chi connectivity index (χ0v) is 10.7. The van der Waals surface area contributed by atoms with Crippen LogP contribution in [0.4, 0.5) is 0 Å². The van der Waals surface area contributed by atoms with E-state index >= 15 is 0 Å². The van der Waals surface area contributed by atoms with Gasteiger partial charge in [0.05, 0.1) is 11.7 Å². The van der Waals surface area contributed by atoms with Crippen LogP contribution in [0.2, 0.25) is 0 Å². The third-order valence-electron chi connectivity index (χ3n) is 3.86. The largest absolute Gasteiger partial charge is 0.490 e. The Bertz CT molecular complexity index is 407. The third-order valence-corrected chi connectivity index (χ3v) is 3.86. The van der Waals surface area contributed by atoms with Crippen LogP contribution >= 0.6 is 0 Å². The first kappa shape index (κ1) is 12.0. The van der Waals surface area contributed by atoms with Crippen LogP contribution in [0.5, 0.6) is 5.75 Å². The second-order valence-electron chi connectivity index (χ2n) is 5.48. The molecule has 1 aliphatic carbocycles. The first-order valence-corrected chi connectivity index (χ1v) is 6.97. The van der Waals surface area contributed by atoms with Crippen molar-refractivity contribution in [3.8, 4) is 5.75 Å². The fourth-order valence-corrected chi connectivity index (χ4v) is 2.58. The van der Waals surface area contributed by atoms with Crippen molar-refractivity contribution in [3.63, 3.8) is 0 Å². The van der Waals surface area contributed by atoms with Crippen molar-refractivity contribution in [1.29, 1.82) is 0 Å². The average molecular weight is 247 g/mol. The number of hydrogen-bond acceptors (Lipinski definition) is 3. The monoisotopic (exact) mass is 247 g/mol. The van der Waals surface area contributed by atoms with Crippen molar-refractivity contribution in [2.75, 3.05) is 13.1 Å². The molecule has 2 aliphatic rings.